The highest BCUT2D eigenvalue weighted by Gasteiger charge is 2.14. The zero-order chi connectivity index (χ0) is 25.2. The molecule has 0 bridgehead atoms. The third kappa shape index (κ3) is 6.11. The Balaban J connectivity index is 0.00000176. The Morgan fingerprint density at radius 1 is 0.462 bits per heavy atom. The predicted molar refractivity (Wildman–Crippen MR) is 154 cm³/mol. The van der Waals surface area contributed by atoms with Gasteiger partial charge in [0.1, 0.15) is 25.1 Å². The lowest BCUT2D eigenvalue weighted by Crippen LogP contribution is -3.00. The highest BCUT2D eigenvalue weighted by molar-refractivity contribution is 6.08. The van der Waals surface area contributed by atoms with E-state index in [1.807, 2.05) is 0 Å². The molecule has 6 aromatic rings. The van der Waals surface area contributed by atoms with Crippen molar-refractivity contribution in [2.24, 2.45) is 14.1 Å². The first kappa shape index (κ1) is 29.8. The molecule has 0 unspecified atom stereocenters. The third-order valence-electron chi connectivity index (χ3n) is 7.97. The van der Waals surface area contributed by atoms with Gasteiger partial charge in [0.15, 0.2) is 24.8 Å². The lowest BCUT2D eigenvalue weighted by atomic mass is 10.1. The molecule has 6 heteroatoms. The van der Waals surface area contributed by atoms with Gasteiger partial charge in [-0.25, -0.2) is 9.13 Å². The zero-order valence-electron chi connectivity index (χ0n) is 23.0. The highest BCUT2D eigenvalue weighted by atomic mass is 127. The fourth-order valence-electron chi connectivity index (χ4n) is 6.09. The molecule has 0 saturated carbocycles. The molecule has 0 radical (unpaired) electrons. The lowest BCUT2D eigenvalue weighted by Gasteiger charge is -2.08. The summed E-state index contributed by atoms with van der Waals surface area (Å²) in [5.74, 6) is 0. The first-order chi connectivity index (χ1) is 18.2. The van der Waals surface area contributed by atoms with Crippen molar-refractivity contribution in [3.05, 3.63) is 85.5 Å². The van der Waals surface area contributed by atoms with Gasteiger partial charge in [-0.3, -0.25) is 0 Å². The molecular weight excluding hydrogens is 706 g/mol. The number of rotatable bonds is 10. The van der Waals surface area contributed by atoms with Crippen LogP contribution in [0.4, 0.5) is 0 Å². The molecule has 0 aliphatic heterocycles. The number of hydrogen-bond donors (Lipinski definition) is 0. The van der Waals surface area contributed by atoms with E-state index in [-0.39, 0.29) is 48.0 Å². The van der Waals surface area contributed by atoms with E-state index in [0.29, 0.717) is 0 Å². The SMILES string of the molecule is C[n+]1ccc2c3ccccc3n(CCCCCCCCCn3c4ccccc4c4cc[n+](C)cc43)c2c1.[I-].[I-]. The Bertz CT molecular complexity index is 1570. The van der Waals surface area contributed by atoms with E-state index in [9.17, 15) is 0 Å². The van der Waals surface area contributed by atoms with Crippen molar-refractivity contribution in [3.8, 4) is 0 Å². The van der Waals surface area contributed by atoms with E-state index in [0.717, 1.165) is 13.1 Å². The van der Waals surface area contributed by atoms with Crippen LogP contribution in [0.1, 0.15) is 44.9 Å². The van der Waals surface area contributed by atoms with Crippen molar-refractivity contribution in [2.75, 3.05) is 0 Å². The number of para-hydroxylation sites is 2. The van der Waals surface area contributed by atoms with Crippen LogP contribution in [0.15, 0.2) is 85.5 Å². The number of aromatic nitrogens is 4. The monoisotopic (exact) mass is 744 g/mol. The van der Waals surface area contributed by atoms with E-state index < -0.39 is 0 Å². The van der Waals surface area contributed by atoms with Crippen LogP contribution in [0.5, 0.6) is 0 Å². The summed E-state index contributed by atoms with van der Waals surface area (Å²) in [5.41, 5.74) is 5.43. The second-order valence-corrected chi connectivity index (χ2v) is 10.6. The Kier molecular flexibility index (Phi) is 10.3. The Hall–Kier alpha value is -2.20. The first-order valence-electron chi connectivity index (χ1n) is 13.9. The van der Waals surface area contributed by atoms with Crippen molar-refractivity contribution in [1.29, 1.82) is 0 Å². The molecule has 0 saturated heterocycles. The van der Waals surface area contributed by atoms with E-state index in [1.165, 1.54) is 88.6 Å². The first-order valence-corrected chi connectivity index (χ1v) is 13.9. The topological polar surface area (TPSA) is 17.6 Å². The summed E-state index contributed by atoms with van der Waals surface area (Å²) in [7, 11) is 4.23. The number of benzene rings is 2. The largest absolute Gasteiger partial charge is 1.00 e. The molecule has 4 nitrogen and oxygen atoms in total. The fraction of sp³-hybridized carbons (Fsp3) is 0.333. The Morgan fingerprint density at radius 3 is 1.26 bits per heavy atom. The number of halogens is 2. The van der Waals surface area contributed by atoms with Crippen LogP contribution in [0, 0.1) is 0 Å². The highest BCUT2D eigenvalue weighted by Crippen LogP contribution is 2.29. The average Bonchev–Trinajstić information content (AvgIpc) is 3.39. The summed E-state index contributed by atoms with van der Waals surface area (Å²) >= 11 is 0. The molecular formula is C33H38I2N4. The minimum absolute atomic E-state index is 0. The third-order valence-corrected chi connectivity index (χ3v) is 7.97. The molecule has 0 aliphatic carbocycles. The molecule has 0 N–H and O–H groups in total. The molecule has 39 heavy (non-hydrogen) atoms. The van der Waals surface area contributed by atoms with E-state index in [4.69, 9.17) is 0 Å². The van der Waals surface area contributed by atoms with E-state index in [1.54, 1.807) is 0 Å². The van der Waals surface area contributed by atoms with Crippen molar-refractivity contribution >= 4 is 43.6 Å². The number of aryl methyl sites for hydroxylation is 4. The molecule has 0 atom stereocenters. The van der Waals surface area contributed by atoms with Crippen LogP contribution in [-0.2, 0) is 27.2 Å². The number of pyridine rings is 2. The second kappa shape index (κ2) is 13.4. The van der Waals surface area contributed by atoms with Crippen molar-refractivity contribution in [2.45, 2.75) is 58.0 Å². The van der Waals surface area contributed by atoms with Crippen LogP contribution in [-0.4, -0.2) is 9.13 Å². The molecule has 4 aromatic heterocycles. The summed E-state index contributed by atoms with van der Waals surface area (Å²) in [6.45, 7) is 2.19. The van der Waals surface area contributed by atoms with Gasteiger partial charge in [0, 0.05) is 57.8 Å². The summed E-state index contributed by atoms with van der Waals surface area (Å²) in [5, 5.41) is 5.47. The normalized spacial score (nSPS) is 11.3. The number of fused-ring (bicyclic) bond motifs is 6. The predicted octanol–water partition coefficient (Wildman–Crippen LogP) is 0.990. The maximum atomic E-state index is 2.52. The van der Waals surface area contributed by atoms with Gasteiger partial charge in [0.25, 0.3) is 0 Å². The second-order valence-electron chi connectivity index (χ2n) is 10.6. The van der Waals surface area contributed by atoms with Crippen LogP contribution in [0.25, 0.3) is 43.6 Å². The molecule has 0 amide bonds. The molecule has 0 fully saturated rings. The maximum absolute atomic E-state index is 2.52. The summed E-state index contributed by atoms with van der Waals surface area (Å²) in [6, 6.07) is 22.2. The van der Waals surface area contributed by atoms with Crippen molar-refractivity contribution in [3.63, 3.8) is 0 Å². The Morgan fingerprint density at radius 2 is 0.821 bits per heavy atom. The number of nitrogens with zero attached hydrogens (tertiary/aromatic N) is 4. The molecule has 2 aromatic carbocycles. The smallest absolute Gasteiger partial charge is 0.193 e. The van der Waals surface area contributed by atoms with Crippen molar-refractivity contribution < 1.29 is 57.1 Å². The number of hydrogen-bond acceptors (Lipinski definition) is 0. The van der Waals surface area contributed by atoms with Gasteiger partial charge < -0.3 is 57.1 Å². The standard InChI is InChI=1S/C33H38N4.2HI/c1-34-22-18-28-26-14-8-10-16-30(26)36(32(28)24-34)20-12-6-4-3-5-7-13-21-37-31-17-11-9-15-27(31)29-19-23-35(2)25-33(29)37;;/h8-11,14-19,22-25H,3-7,12-13,20-21H2,1-2H3;2*1H/q+2;;/p-2. The van der Waals surface area contributed by atoms with Crippen LogP contribution < -0.4 is 57.1 Å². The summed E-state index contributed by atoms with van der Waals surface area (Å²) in [4.78, 5) is 0. The minimum atomic E-state index is 0. The van der Waals surface area contributed by atoms with Gasteiger partial charge in [0.05, 0.1) is 0 Å². The number of unbranched alkanes of at least 4 members (excludes halogenated alkanes) is 6. The molecule has 0 spiro atoms. The molecule has 204 valence electrons. The van der Waals surface area contributed by atoms with Crippen LogP contribution >= 0.6 is 0 Å². The van der Waals surface area contributed by atoms with E-state index >= 15 is 0 Å². The van der Waals surface area contributed by atoms with Gasteiger partial charge in [-0.2, -0.15) is 0 Å². The summed E-state index contributed by atoms with van der Waals surface area (Å²) in [6.07, 6.45) is 17.9. The molecule has 6 rings (SSSR count). The molecule has 0 aliphatic rings. The average molecular weight is 745 g/mol. The van der Waals surface area contributed by atoms with Crippen LogP contribution in [0.2, 0.25) is 0 Å². The van der Waals surface area contributed by atoms with E-state index in [2.05, 4.69) is 118 Å². The maximum Gasteiger partial charge on any atom is 0.193 e. The Labute approximate surface area is 265 Å². The van der Waals surface area contributed by atoms with Gasteiger partial charge >= 0.3 is 0 Å². The van der Waals surface area contributed by atoms with Gasteiger partial charge in [-0.15, -0.1) is 0 Å². The van der Waals surface area contributed by atoms with Crippen molar-refractivity contribution in [1.82, 2.24) is 9.13 Å². The zero-order valence-corrected chi connectivity index (χ0v) is 27.3. The minimum Gasteiger partial charge on any atom is -1.00 e. The van der Waals surface area contributed by atoms with Gasteiger partial charge in [-0.1, -0.05) is 68.5 Å². The van der Waals surface area contributed by atoms with Gasteiger partial charge in [-0.05, 0) is 25.0 Å². The van der Waals surface area contributed by atoms with Crippen LogP contribution in [0.3, 0.4) is 0 Å². The lowest BCUT2D eigenvalue weighted by molar-refractivity contribution is -0.670. The quantitative estimate of drug-likeness (QED) is 0.113. The fourth-order valence-corrected chi connectivity index (χ4v) is 6.09. The molecule has 4 heterocycles. The summed E-state index contributed by atoms with van der Waals surface area (Å²) < 4.78 is 9.38. The van der Waals surface area contributed by atoms with Gasteiger partial charge in [0.2, 0.25) is 0 Å².